The van der Waals surface area contributed by atoms with Crippen molar-refractivity contribution in [2.24, 2.45) is 0 Å². The smallest absolute Gasteiger partial charge is 0.254 e. The number of para-hydroxylation sites is 1. The lowest BCUT2D eigenvalue weighted by Crippen LogP contribution is -2.48. The van der Waals surface area contributed by atoms with Gasteiger partial charge in [-0.05, 0) is 30.3 Å². The van der Waals surface area contributed by atoms with Gasteiger partial charge in [-0.25, -0.2) is 4.39 Å². The summed E-state index contributed by atoms with van der Waals surface area (Å²) in [6, 6.07) is 14.4. The van der Waals surface area contributed by atoms with Crippen molar-refractivity contribution in [3.8, 4) is 5.69 Å². The molecule has 1 aliphatic rings. The molecule has 1 saturated heterocycles. The van der Waals surface area contributed by atoms with Gasteiger partial charge in [0.25, 0.3) is 5.91 Å². The molecule has 0 N–H and O–H groups in total. The average molecular weight is 468 g/mol. The highest BCUT2D eigenvalue weighted by Crippen LogP contribution is 2.30. The molecule has 0 bridgehead atoms. The number of likely N-dealkylation sites (N-methyl/N-ethyl adjacent to an activating group) is 1. The van der Waals surface area contributed by atoms with Crippen LogP contribution in [-0.2, 0) is 5.75 Å². The van der Waals surface area contributed by atoms with Crippen molar-refractivity contribution >= 4 is 17.7 Å². The molecule has 2 aromatic carbocycles. The van der Waals surface area contributed by atoms with E-state index in [0.717, 1.165) is 43.9 Å². The zero-order valence-electron chi connectivity index (χ0n) is 19.4. The first kappa shape index (κ1) is 23.4. The van der Waals surface area contributed by atoms with E-state index in [-0.39, 0.29) is 17.6 Å². The predicted molar refractivity (Wildman–Crippen MR) is 129 cm³/mol. The number of nitrogens with zero attached hydrogens (tertiary/aromatic N) is 5. The summed E-state index contributed by atoms with van der Waals surface area (Å²) >= 11 is 1.47. The number of benzene rings is 2. The van der Waals surface area contributed by atoms with Crippen molar-refractivity contribution in [1.82, 2.24) is 24.6 Å². The minimum atomic E-state index is -0.317. The molecule has 1 aliphatic heterocycles. The molecule has 8 heteroatoms. The summed E-state index contributed by atoms with van der Waals surface area (Å²) in [6.45, 7) is 10.5. The van der Waals surface area contributed by atoms with E-state index in [2.05, 4.69) is 22.0 Å². The third-order valence-corrected chi connectivity index (χ3v) is 6.96. The van der Waals surface area contributed by atoms with Crippen LogP contribution in [-0.4, -0.2) is 63.2 Å². The van der Waals surface area contributed by atoms with Gasteiger partial charge in [-0.3, -0.25) is 9.36 Å². The molecule has 2 heterocycles. The quantitative estimate of drug-likeness (QED) is 0.476. The van der Waals surface area contributed by atoms with E-state index < -0.39 is 0 Å². The first-order valence-corrected chi connectivity index (χ1v) is 12.4. The molecule has 174 valence electrons. The Balaban J connectivity index is 1.57. The van der Waals surface area contributed by atoms with Crippen molar-refractivity contribution in [1.29, 1.82) is 0 Å². The van der Waals surface area contributed by atoms with Gasteiger partial charge in [0.2, 0.25) is 0 Å². The summed E-state index contributed by atoms with van der Waals surface area (Å²) in [5.74, 6) is 1.09. The molecule has 0 spiro atoms. The van der Waals surface area contributed by atoms with E-state index in [1.54, 1.807) is 16.7 Å². The largest absolute Gasteiger partial charge is 0.336 e. The minimum Gasteiger partial charge on any atom is -0.336 e. The first-order chi connectivity index (χ1) is 16.0. The molecule has 6 nitrogen and oxygen atoms in total. The number of thioether (sulfide) groups is 1. The summed E-state index contributed by atoms with van der Waals surface area (Å²) in [6.07, 6.45) is 0. The highest BCUT2D eigenvalue weighted by molar-refractivity contribution is 7.98. The lowest BCUT2D eigenvalue weighted by atomic mass is 10.1. The van der Waals surface area contributed by atoms with E-state index in [4.69, 9.17) is 0 Å². The average Bonchev–Trinajstić information content (AvgIpc) is 3.27. The Hall–Kier alpha value is -2.71. The van der Waals surface area contributed by atoms with Crippen LogP contribution < -0.4 is 0 Å². The molecule has 0 saturated carbocycles. The number of amides is 1. The topological polar surface area (TPSA) is 54.3 Å². The number of carbonyl (C=O) groups excluding carboxylic acids is 1. The monoisotopic (exact) mass is 467 g/mol. The molecule has 0 unspecified atom stereocenters. The van der Waals surface area contributed by atoms with E-state index in [1.807, 2.05) is 49.1 Å². The molecule has 1 fully saturated rings. The fraction of sp³-hybridized carbons (Fsp3) is 0.400. The van der Waals surface area contributed by atoms with E-state index in [9.17, 15) is 9.18 Å². The molecular weight excluding hydrogens is 437 g/mol. The summed E-state index contributed by atoms with van der Waals surface area (Å²) in [4.78, 5) is 17.6. The Morgan fingerprint density at radius 3 is 2.42 bits per heavy atom. The van der Waals surface area contributed by atoms with Crippen molar-refractivity contribution in [2.45, 2.75) is 37.6 Å². The predicted octanol–water partition coefficient (Wildman–Crippen LogP) is 4.60. The number of hydrogen-bond donors (Lipinski definition) is 0. The molecule has 4 rings (SSSR count). The van der Waals surface area contributed by atoms with Crippen LogP contribution in [0.1, 0.15) is 48.4 Å². The number of rotatable bonds is 7. The number of carbonyl (C=O) groups is 1. The third-order valence-electron chi connectivity index (χ3n) is 5.98. The SMILES string of the molecule is CCN1CCN(C(=O)c2ccccc2CSc2nnc(C(C)C)n2-c2ccccc2F)CC1. The first-order valence-electron chi connectivity index (χ1n) is 11.4. The van der Waals surface area contributed by atoms with Gasteiger partial charge in [-0.1, -0.05) is 62.9 Å². The lowest BCUT2D eigenvalue weighted by Gasteiger charge is -2.34. The molecule has 3 aromatic rings. The zero-order chi connectivity index (χ0) is 23.4. The van der Waals surface area contributed by atoms with Crippen LogP contribution >= 0.6 is 11.8 Å². The van der Waals surface area contributed by atoms with Gasteiger partial charge in [-0.15, -0.1) is 10.2 Å². The highest BCUT2D eigenvalue weighted by Gasteiger charge is 2.24. The van der Waals surface area contributed by atoms with Gasteiger partial charge in [-0.2, -0.15) is 0 Å². The maximum absolute atomic E-state index is 14.6. The van der Waals surface area contributed by atoms with Gasteiger partial charge >= 0.3 is 0 Å². The fourth-order valence-electron chi connectivity index (χ4n) is 4.04. The Morgan fingerprint density at radius 1 is 1.03 bits per heavy atom. The number of piperazine rings is 1. The van der Waals surface area contributed by atoms with Crippen LogP contribution in [0, 0.1) is 5.82 Å². The van der Waals surface area contributed by atoms with Gasteiger partial charge in [0.15, 0.2) is 5.16 Å². The molecule has 1 aromatic heterocycles. The maximum atomic E-state index is 14.6. The summed E-state index contributed by atoms with van der Waals surface area (Å²) in [5.41, 5.74) is 2.10. The van der Waals surface area contributed by atoms with E-state index in [1.165, 1.54) is 17.8 Å². The van der Waals surface area contributed by atoms with Crippen LogP contribution in [0.25, 0.3) is 5.69 Å². The standard InChI is InChI=1S/C25H30FN5OS/c1-4-29-13-15-30(16-14-29)24(32)20-10-6-5-9-19(20)17-33-25-28-27-23(18(2)3)31(25)22-12-8-7-11-21(22)26/h5-12,18H,4,13-17H2,1-3H3. The van der Waals surface area contributed by atoms with Gasteiger partial charge < -0.3 is 9.80 Å². The van der Waals surface area contributed by atoms with Crippen LogP contribution in [0.3, 0.4) is 0 Å². The summed E-state index contributed by atoms with van der Waals surface area (Å²) in [5, 5.41) is 9.31. The fourth-order valence-corrected chi connectivity index (χ4v) is 5.00. The van der Waals surface area contributed by atoms with Gasteiger partial charge in [0.05, 0.1) is 5.69 Å². The molecular formula is C25H30FN5OS. The maximum Gasteiger partial charge on any atom is 0.254 e. The second-order valence-corrected chi connectivity index (χ2v) is 9.40. The summed E-state index contributed by atoms with van der Waals surface area (Å²) in [7, 11) is 0. The van der Waals surface area contributed by atoms with Crippen LogP contribution in [0.2, 0.25) is 0 Å². The molecule has 0 atom stereocenters. The molecule has 1 amide bonds. The number of halogens is 1. The number of aromatic nitrogens is 3. The Labute approximate surface area is 198 Å². The molecule has 0 aliphatic carbocycles. The number of hydrogen-bond acceptors (Lipinski definition) is 5. The second-order valence-electron chi connectivity index (χ2n) is 8.45. The van der Waals surface area contributed by atoms with Crippen LogP contribution in [0.5, 0.6) is 0 Å². The second kappa shape index (κ2) is 10.5. The highest BCUT2D eigenvalue weighted by atomic mass is 32.2. The Bertz CT molecular complexity index is 1110. The lowest BCUT2D eigenvalue weighted by molar-refractivity contribution is 0.0642. The van der Waals surface area contributed by atoms with E-state index >= 15 is 0 Å². The van der Waals surface area contributed by atoms with Gasteiger partial charge in [0.1, 0.15) is 11.6 Å². The van der Waals surface area contributed by atoms with Crippen molar-refractivity contribution in [3.63, 3.8) is 0 Å². The Morgan fingerprint density at radius 2 is 1.73 bits per heavy atom. The zero-order valence-corrected chi connectivity index (χ0v) is 20.2. The van der Waals surface area contributed by atoms with Gasteiger partial charge in [0, 0.05) is 43.4 Å². The molecule has 33 heavy (non-hydrogen) atoms. The normalized spacial score (nSPS) is 14.8. The Kier molecular flexibility index (Phi) is 7.45. The van der Waals surface area contributed by atoms with Crippen LogP contribution in [0.15, 0.2) is 53.7 Å². The van der Waals surface area contributed by atoms with Crippen molar-refractivity contribution in [3.05, 3.63) is 71.3 Å². The minimum absolute atomic E-state index is 0.0698. The van der Waals surface area contributed by atoms with E-state index in [0.29, 0.717) is 22.4 Å². The van der Waals surface area contributed by atoms with Crippen molar-refractivity contribution in [2.75, 3.05) is 32.7 Å². The third kappa shape index (κ3) is 5.12. The molecule has 0 radical (unpaired) electrons. The van der Waals surface area contributed by atoms with Crippen molar-refractivity contribution < 1.29 is 9.18 Å². The van der Waals surface area contributed by atoms with Crippen LogP contribution in [0.4, 0.5) is 4.39 Å². The summed E-state index contributed by atoms with van der Waals surface area (Å²) < 4.78 is 16.4.